The lowest BCUT2D eigenvalue weighted by Crippen LogP contribution is -2.13. The van der Waals surface area contributed by atoms with Gasteiger partial charge in [0.1, 0.15) is 0 Å². The van der Waals surface area contributed by atoms with Gasteiger partial charge in [-0.3, -0.25) is 0 Å². The van der Waals surface area contributed by atoms with Crippen molar-refractivity contribution < 1.29 is 14.3 Å². The average molecular weight is 412 g/mol. The van der Waals surface area contributed by atoms with Crippen LogP contribution >= 0.6 is 22.6 Å². The van der Waals surface area contributed by atoms with Gasteiger partial charge >= 0.3 is 6.16 Å². The number of carbonyl (C=O) groups excluding carboxylic acids is 1. The highest BCUT2D eigenvalue weighted by atomic mass is 127. The third-order valence-corrected chi connectivity index (χ3v) is 4.65. The second kappa shape index (κ2) is 16.4. The molecule has 0 saturated heterocycles. The molecule has 126 valence electrons. The molecule has 21 heavy (non-hydrogen) atoms. The van der Waals surface area contributed by atoms with Gasteiger partial charge in [-0.2, -0.15) is 0 Å². The van der Waals surface area contributed by atoms with Crippen molar-refractivity contribution in [2.24, 2.45) is 0 Å². The molecular weight excluding hydrogens is 379 g/mol. The summed E-state index contributed by atoms with van der Waals surface area (Å²) in [5, 5.41) is 0. The highest BCUT2D eigenvalue weighted by molar-refractivity contribution is 14.1. The number of carbonyl (C=O) groups is 1. The number of alkyl halides is 1. The average Bonchev–Trinajstić information content (AvgIpc) is 2.48. The summed E-state index contributed by atoms with van der Waals surface area (Å²) in [5.41, 5.74) is 0. The van der Waals surface area contributed by atoms with Gasteiger partial charge in [0.15, 0.2) is 4.11 Å². The molecule has 3 nitrogen and oxygen atoms in total. The molecule has 0 aromatic carbocycles. The van der Waals surface area contributed by atoms with E-state index >= 15 is 0 Å². The Labute approximate surface area is 144 Å². The summed E-state index contributed by atoms with van der Waals surface area (Å²) in [6.45, 7) is 4.73. The number of hydrogen-bond donors (Lipinski definition) is 0. The van der Waals surface area contributed by atoms with Crippen LogP contribution in [0.2, 0.25) is 0 Å². The maximum atomic E-state index is 11.2. The van der Waals surface area contributed by atoms with Crippen LogP contribution in [0.25, 0.3) is 0 Å². The van der Waals surface area contributed by atoms with Crippen LogP contribution in [0, 0.1) is 0 Å². The van der Waals surface area contributed by atoms with Crippen LogP contribution < -0.4 is 0 Å². The van der Waals surface area contributed by atoms with E-state index in [0.717, 1.165) is 19.3 Å². The summed E-state index contributed by atoms with van der Waals surface area (Å²) in [5.74, 6) is 0. The Morgan fingerprint density at radius 3 is 1.81 bits per heavy atom. The lowest BCUT2D eigenvalue weighted by atomic mass is 10.1. The van der Waals surface area contributed by atoms with E-state index in [9.17, 15) is 4.79 Å². The first-order valence-corrected chi connectivity index (χ1v) is 9.92. The summed E-state index contributed by atoms with van der Waals surface area (Å²) < 4.78 is 9.98. The van der Waals surface area contributed by atoms with Crippen molar-refractivity contribution in [1.29, 1.82) is 0 Å². The van der Waals surface area contributed by atoms with E-state index < -0.39 is 6.16 Å². The molecule has 0 heterocycles. The fourth-order valence-corrected chi connectivity index (χ4v) is 2.35. The van der Waals surface area contributed by atoms with Crippen LogP contribution in [-0.4, -0.2) is 16.9 Å². The van der Waals surface area contributed by atoms with Crippen molar-refractivity contribution in [3.8, 4) is 0 Å². The van der Waals surface area contributed by atoms with Gasteiger partial charge < -0.3 is 9.47 Å². The minimum atomic E-state index is -0.525. The van der Waals surface area contributed by atoms with Gasteiger partial charge in [-0.15, -0.1) is 0 Å². The van der Waals surface area contributed by atoms with Gasteiger partial charge in [0.25, 0.3) is 0 Å². The van der Waals surface area contributed by atoms with Crippen molar-refractivity contribution >= 4 is 28.7 Å². The molecule has 0 spiro atoms. The molecule has 0 aliphatic rings. The Hall–Kier alpha value is 0. The predicted molar refractivity (Wildman–Crippen MR) is 97.0 cm³/mol. The maximum Gasteiger partial charge on any atom is 0.509 e. The van der Waals surface area contributed by atoms with Crippen molar-refractivity contribution in [1.82, 2.24) is 0 Å². The van der Waals surface area contributed by atoms with Crippen LogP contribution in [0.4, 0.5) is 4.79 Å². The monoisotopic (exact) mass is 412 g/mol. The van der Waals surface area contributed by atoms with Gasteiger partial charge in [-0.1, -0.05) is 78.1 Å². The van der Waals surface area contributed by atoms with E-state index in [-0.39, 0.29) is 4.11 Å². The smallest absolute Gasteiger partial charge is 0.434 e. The molecule has 0 N–H and O–H groups in total. The molecule has 0 fully saturated rings. The first-order chi connectivity index (χ1) is 10.2. The Bertz CT molecular complexity index is 234. The summed E-state index contributed by atoms with van der Waals surface area (Å²) in [7, 11) is 0. The third-order valence-electron chi connectivity index (χ3n) is 3.51. The SMILES string of the molecule is CCCCCCCCCCCCCOC(=O)OC(I)CC. The summed E-state index contributed by atoms with van der Waals surface area (Å²) >= 11 is 2.10. The molecular formula is C17H33IO3. The molecule has 0 bridgehead atoms. The summed E-state index contributed by atoms with van der Waals surface area (Å²) in [4.78, 5) is 11.2. The van der Waals surface area contributed by atoms with E-state index in [0.29, 0.717) is 6.61 Å². The molecule has 0 rings (SSSR count). The standard InChI is InChI=1S/C17H33IO3/c1-3-5-6-7-8-9-10-11-12-13-14-15-20-17(19)21-16(18)4-2/h16H,3-15H2,1-2H3. The second-order valence-electron chi connectivity index (χ2n) is 5.57. The minimum Gasteiger partial charge on any atom is -0.434 e. The molecule has 0 aromatic heterocycles. The molecule has 1 unspecified atom stereocenters. The number of rotatable bonds is 14. The molecule has 0 aromatic rings. The highest BCUT2D eigenvalue weighted by Gasteiger charge is 2.09. The van der Waals surface area contributed by atoms with E-state index in [1.807, 2.05) is 6.92 Å². The Morgan fingerprint density at radius 1 is 0.857 bits per heavy atom. The van der Waals surface area contributed by atoms with E-state index in [1.165, 1.54) is 57.8 Å². The van der Waals surface area contributed by atoms with Crippen molar-refractivity contribution in [2.75, 3.05) is 6.61 Å². The Morgan fingerprint density at radius 2 is 1.33 bits per heavy atom. The minimum absolute atomic E-state index is 0.0765. The summed E-state index contributed by atoms with van der Waals surface area (Å²) in [6.07, 6.45) is 14.6. The molecule has 1 atom stereocenters. The van der Waals surface area contributed by atoms with E-state index in [1.54, 1.807) is 0 Å². The molecule has 0 radical (unpaired) electrons. The van der Waals surface area contributed by atoms with Crippen molar-refractivity contribution in [2.45, 2.75) is 95.0 Å². The zero-order valence-electron chi connectivity index (χ0n) is 13.9. The molecule has 0 amide bonds. The number of ether oxygens (including phenoxy) is 2. The Balaban J connectivity index is 3.13. The van der Waals surface area contributed by atoms with Crippen LogP contribution in [0.15, 0.2) is 0 Å². The Kier molecular flexibility index (Phi) is 16.4. The quantitative estimate of drug-likeness (QED) is 0.139. The molecule has 0 aliphatic heterocycles. The van der Waals surface area contributed by atoms with Crippen LogP contribution in [0.5, 0.6) is 0 Å². The van der Waals surface area contributed by atoms with Crippen LogP contribution in [-0.2, 0) is 9.47 Å². The fourth-order valence-electron chi connectivity index (χ4n) is 2.14. The van der Waals surface area contributed by atoms with Gasteiger partial charge in [-0.05, 0) is 35.4 Å². The second-order valence-corrected chi connectivity index (χ2v) is 6.96. The first kappa shape index (κ1) is 21.0. The normalized spacial score (nSPS) is 12.1. The van der Waals surface area contributed by atoms with Gasteiger partial charge in [0.05, 0.1) is 6.61 Å². The third kappa shape index (κ3) is 16.2. The highest BCUT2D eigenvalue weighted by Crippen LogP contribution is 2.12. The molecule has 4 heteroatoms. The van der Waals surface area contributed by atoms with Crippen molar-refractivity contribution in [3.63, 3.8) is 0 Å². The van der Waals surface area contributed by atoms with E-state index in [4.69, 9.17) is 9.47 Å². The van der Waals surface area contributed by atoms with Gasteiger partial charge in [-0.25, -0.2) is 4.79 Å². The number of halogens is 1. The van der Waals surface area contributed by atoms with Crippen LogP contribution in [0.3, 0.4) is 0 Å². The number of unbranched alkanes of at least 4 members (excludes halogenated alkanes) is 10. The lowest BCUT2D eigenvalue weighted by Gasteiger charge is -2.09. The van der Waals surface area contributed by atoms with Gasteiger partial charge in [0.2, 0.25) is 0 Å². The van der Waals surface area contributed by atoms with Crippen LogP contribution in [0.1, 0.15) is 90.9 Å². The van der Waals surface area contributed by atoms with Gasteiger partial charge in [0, 0.05) is 0 Å². The predicted octanol–water partition coefficient (Wildman–Crippen LogP) is 6.62. The molecule has 0 aliphatic carbocycles. The molecule has 0 saturated carbocycles. The lowest BCUT2D eigenvalue weighted by molar-refractivity contribution is 0.0495. The zero-order valence-corrected chi connectivity index (χ0v) is 16.0. The first-order valence-electron chi connectivity index (χ1n) is 8.68. The topological polar surface area (TPSA) is 35.5 Å². The fraction of sp³-hybridized carbons (Fsp3) is 0.941. The van der Waals surface area contributed by atoms with Crippen molar-refractivity contribution in [3.05, 3.63) is 0 Å². The maximum absolute atomic E-state index is 11.2. The van der Waals surface area contributed by atoms with E-state index in [2.05, 4.69) is 29.5 Å². The zero-order chi connectivity index (χ0) is 15.8. The number of hydrogen-bond acceptors (Lipinski definition) is 3. The summed E-state index contributed by atoms with van der Waals surface area (Å²) in [6, 6.07) is 0. The largest absolute Gasteiger partial charge is 0.509 e.